The van der Waals surface area contributed by atoms with E-state index in [1.807, 2.05) is 0 Å². The zero-order valence-electron chi connectivity index (χ0n) is 16.8. The Morgan fingerprint density at radius 2 is 2.03 bits per heavy atom. The van der Waals surface area contributed by atoms with Crippen LogP contribution in [0, 0.1) is 5.82 Å². The summed E-state index contributed by atoms with van der Waals surface area (Å²) in [6.07, 6.45) is 1.85. The first-order valence-electron chi connectivity index (χ1n) is 9.78. The molecular formula is C21H23FN4O4S. The molecule has 0 unspecified atom stereocenters. The fourth-order valence-corrected chi connectivity index (χ4v) is 4.18. The van der Waals surface area contributed by atoms with Gasteiger partial charge in [-0.15, -0.1) is 5.10 Å². The van der Waals surface area contributed by atoms with E-state index in [-0.39, 0.29) is 29.5 Å². The molecule has 2 N–H and O–H groups in total. The maximum atomic E-state index is 13.4. The van der Waals surface area contributed by atoms with Gasteiger partial charge in [0.05, 0.1) is 42.5 Å². The quantitative estimate of drug-likeness (QED) is 0.565. The van der Waals surface area contributed by atoms with Gasteiger partial charge in [-0.05, 0) is 29.8 Å². The van der Waals surface area contributed by atoms with E-state index >= 15 is 0 Å². The zero-order chi connectivity index (χ0) is 22.0. The molecule has 10 heteroatoms. The largest absolute Gasteiger partial charge is 0.389 e. The average molecular weight is 447 g/mol. The topological polar surface area (TPSA) is 106 Å². The highest BCUT2D eigenvalue weighted by Gasteiger charge is 2.36. The average Bonchev–Trinajstić information content (AvgIpc) is 3.33. The summed E-state index contributed by atoms with van der Waals surface area (Å²) >= 11 is 0. The predicted molar refractivity (Wildman–Crippen MR) is 111 cm³/mol. The Morgan fingerprint density at radius 3 is 2.74 bits per heavy atom. The van der Waals surface area contributed by atoms with Gasteiger partial charge in [0.1, 0.15) is 11.5 Å². The van der Waals surface area contributed by atoms with E-state index in [1.54, 1.807) is 47.3 Å². The molecule has 0 amide bonds. The van der Waals surface area contributed by atoms with Gasteiger partial charge in [-0.2, -0.15) is 0 Å². The number of aliphatic hydroxyl groups excluding tert-OH is 1. The van der Waals surface area contributed by atoms with Crippen molar-refractivity contribution in [2.24, 2.45) is 0 Å². The van der Waals surface area contributed by atoms with E-state index in [0.29, 0.717) is 24.3 Å². The number of hydrogen-bond donors (Lipinski definition) is 2. The summed E-state index contributed by atoms with van der Waals surface area (Å²) < 4.78 is 43.9. The van der Waals surface area contributed by atoms with Gasteiger partial charge in [0.15, 0.2) is 9.84 Å². The lowest BCUT2D eigenvalue weighted by molar-refractivity contribution is 0.0741. The van der Waals surface area contributed by atoms with Crippen molar-refractivity contribution in [1.29, 1.82) is 0 Å². The van der Waals surface area contributed by atoms with Crippen molar-refractivity contribution >= 4 is 9.84 Å². The Kier molecular flexibility index (Phi) is 6.15. The van der Waals surface area contributed by atoms with E-state index in [1.165, 1.54) is 18.4 Å². The fraction of sp³-hybridized carbons (Fsp3) is 0.333. The highest BCUT2D eigenvalue weighted by atomic mass is 32.2. The van der Waals surface area contributed by atoms with Crippen LogP contribution in [0.4, 0.5) is 4.39 Å². The van der Waals surface area contributed by atoms with Crippen LogP contribution in [-0.2, 0) is 27.7 Å². The summed E-state index contributed by atoms with van der Waals surface area (Å²) in [5, 5.41) is 21.8. The van der Waals surface area contributed by atoms with Gasteiger partial charge in [-0.3, -0.25) is 0 Å². The number of ether oxygens (including phenoxy) is 1. The standard InChI is InChI=1S/C21H23FN4O4S/c1-31(28,29)17-7-5-14(6-8-17)10-23-21-19(27)13-30-20(21)12-26-11-18(24-25-26)15-3-2-4-16(22)9-15/h2-9,11,19-21,23,27H,10,12-13H2,1H3/t19-,20+,21+/m0/s1. The Labute approximate surface area is 179 Å². The number of aromatic nitrogens is 3. The predicted octanol–water partition coefficient (Wildman–Crippen LogP) is 1.41. The van der Waals surface area contributed by atoms with Crippen LogP contribution in [0.2, 0.25) is 0 Å². The molecule has 0 spiro atoms. The normalized spacial score (nSPS) is 21.5. The second-order valence-corrected chi connectivity index (χ2v) is 9.61. The number of benzene rings is 2. The molecule has 0 saturated carbocycles. The molecule has 0 bridgehead atoms. The number of sulfone groups is 1. The Hall–Kier alpha value is -2.66. The number of nitrogens with zero attached hydrogens (tertiary/aromatic N) is 3. The van der Waals surface area contributed by atoms with Crippen LogP contribution in [0.1, 0.15) is 5.56 Å². The van der Waals surface area contributed by atoms with E-state index in [0.717, 1.165) is 5.56 Å². The molecule has 1 saturated heterocycles. The lowest BCUT2D eigenvalue weighted by atomic mass is 10.1. The Morgan fingerprint density at radius 1 is 1.26 bits per heavy atom. The van der Waals surface area contributed by atoms with Gasteiger partial charge in [-0.1, -0.05) is 29.5 Å². The highest BCUT2D eigenvalue weighted by Crippen LogP contribution is 2.20. The third-order valence-electron chi connectivity index (χ3n) is 5.22. The molecule has 3 atom stereocenters. The maximum Gasteiger partial charge on any atom is 0.175 e. The van der Waals surface area contributed by atoms with Crippen LogP contribution in [0.5, 0.6) is 0 Å². The minimum absolute atomic E-state index is 0.195. The number of rotatable bonds is 7. The summed E-state index contributed by atoms with van der Waals surface area (Å²) in [6.45, 7) is 1.00. The van der Waals surface area contributed by atoms with Crippen LogP contribution in [0.25, 0.3) is 11.3 Å². The molecule has 8 nitrogen and oxygen atoms in total. The summed E-state index contributed by atoms with van der Waals surface area (Å²) in [5.74, 6) is -0.344. The first-order valence-corrected chi connectivity index (χ1v) is 11.7. The maximum absolute atomic E-state index is 13.4. The molecule has 2 heterocycles. The molecular weight excluding hydrogens is 423 g/mol. The molecule has 0 aliphatic carbocycles. The van der Waals surface area contributed by atoms with E-state index in [4.69, 9.17) is 4.74 Å². The molecule has 1 fully saturated rings. The molecule has 4 rings (SSSR count). The molecule has 3 aromatic rings. The summed E-state index contributed by atoms with van der Waals surface area (Å²) in [4.78, 5) is 0.263. The summed E-state index contributed by atoms with van der Waals surface area (Å²) in [7, 11) is -3.24. The molecule has 1 aromatic heterocycles. The van der Waals surface area contributed by atoms with Gasteiger partial charge < -0.3 is 15.2 Å². The second kappa shape index (κ2) is 8.83. The van der Waals surface area contributed by atoms with Gasteiger partial charge in [0.2, 0.25) is 0 Å². The van der Waals surface area contributed by atoms with E-state index < -0.39 is 15.9 Å². The van der Waals surface area contributed by atoms with Gasteiger partial charge in [-0.25, -0.2) is 17.5 Å². The van der Waals surface area contributed by atoms with Crippen LogP contribution < -0.4 is 5.32 Å². The molecule has 1 aliphatic heterocycles. The first kappa shape index (κ1) is 21.6. The molecule has 31 heavy (non-hydrogen) atoms. The minimum Gasteiger partial charge on any atom is -0.389 e. The number of nitrogens with one attached hydrogen (secondary N) is 1. The Balaban J connectivity index is 1.40. The second-order valence-electron chi connectivity index (χ2n) is 7.60. The van der Waals surface area contributed by atoms with Crippen molar-refractivity contribution in [2.45, 2.75) is 36.2 Å². The van der Waals surface area contributed by atoms with Crippen molar-refractivity contribution in [2.75, 3.05) is 12.9 Å². The van der Waals surface area contributed by atoms with E-state index in [9.17, 15) is 17.9 Å². The van der Waals surface area contributed by atoms with Crippen molar-refractivity contribution in [3.63, 3.8) is 0 Å². The molecule has 2 aromatic carbocycles. The van der Waals surface area contributed by atoms with Gasteiger partial charge in [0, 0.05) is 18.4 Å². The third-order valence-corrected chi connectivity index (χ3v) is 6.34. The first-order chi connectivity index (χ1) is 14.8. The highest BCUT2D eigenvalue weighted by molar-refractivity contribution is 7.90. The SMILES string of the molecule is CS(=O)(=O)c1ccc(CN[C@@H]2[C@@H](O)CO[C@@H]2Cn2cc(-c3cccc(F)c3)nn2)cc1. The zero-order valence-corrected chi connectivity index (χ0v) is 17.7. The van der Waals surface area contributed by atoms with Crippen molar-refractivity contribution in [1.82, 2.24) is 20.3 Å². The summed E-state index contributed by atoms with van der Waals surface area (Å²) in [6, 6.07) is 12.4. The van der Waals surface area contributed by atoms with Crippen LogP contribution >= 0.6 is 0 Å². The van der Waals surface area contributed by atoms with E-state index in [2.05, 4.69) is 15.6 Å². The lowest BCUT2D eigenvalue weighted by Gasteiger charge is -2.21. The lowest BCUT2D eigenvalue weighted by Crippen LogP contribution is -2.45. The van der Waals surface area contributed by atoms with Crippen LogP contribution in [-0.4, -0.2) is 59.6 Å². The molecule has 1 aliphatic rings. The smallest absolute Gasteiger partial charge is 0.175 e. The number of aliphatic hydroxyl groups is 1. The third kappa shape index (κ3) is 5.16. The van der Waals surface area contributed by atoms with Crippen molar-refractivity contribution in [3.05, 3.63) is 66.1 Å². The van der Waals surface area contributed by atoms with Crippen LogP contribution in [0.15, 0.2) is 59.6 Å². The molecule has 164 valence electrons. The number of hydrogen-bond acceptors (Lipinski definition) is 7. The number of halogens is 1. The minimum atomic E-state index is -3.24. The van der Waals surface area contributed by atoms with Crippen molar-refractivity contribution in [3.8, 4) is 11.3 Å². The monoisotopic (exact) mass is 446 g/mol. The Bertz CT molecular complexity index is 1150. The molecule has 0 radical (unpaired) electrons. The van der Waals surface area contributed by atoms with Crippen molar-refractivity contribution < 1.29 is 22.7 Å². The van der Waals surface area contributed by atoms with Gasteiger partial charge in [0.25, 0.3) is 0 Å². The fourth-order valence-electron chi connectivity index (χ4n) is 3.55. The summed E-state index contributed by atoms with van der Waals surface area (Å²) in [5.41, 5.74) is 2.07. The van der Waals surface area contributed by atoms with Gasteiger partial charge >= 0.3 is 0 Å². The van der Waals surface area contributed by atoms with Crippen LogP contribution in [0.3, 0.4) is 0 Å².